The molecule has 150 valence electrons. The van der Waals surface area contributed by atoms with Crippen molar-refractivity contribution in [2.75, 3.05) is 31.7 Å². The molecule has 0 radical (unpaired) electrons. The minimum absolute atomic E-state index is 0.0778. The standard InChI is InChI=1S/C21H28N4O2S/c1-15-8-4-5-10-17(15)22-19(26)14-28-20-16-9-6-11-18(16)25(21(27)23-20)13-7-12-24(2)3/h4-5,8,10H,6-7,9,11-14H2,1-3H3,(H,22,26)/p+1. The molecule has 1 heterocycles. The van der Waals surface area contributed by atoms with Crippen LogP contribution in [0.25, 0.3) is 0 Å². The van der Waals surface area contributed by atoms with Gasteiger partial charge in [0.05, 0.1) is 26.4 Å². The minimum atomic E-state index is -0.184. The molecule has 0 fully saturated rings. The molecule has 1 aromatic carbocycles. The monoisotopic (exact) mass is 401 g/mol. The third-order valence-electron chi connectivity index (χ3n) is 5.02. The fraction of sp³-hybridized carbons (Fsp3) is 0.476. The van der Waals surface area contributed by atoms with Crippen LogP contribution < -0.4 is 15.9 Å². The zero-order chi connectivity index (χ0) is 20.1. The Morgan fingerprint density at radius 3 is 2.82 bits per heavy atom. The molecule has 1 aliphatic rings. The number of carbonyl (C=O) groups excluding carboxylic acids is 1. The summed E-state index contributed by atoms with van der Waals surface area (Å²) in [4.78, 5) is 30.6. The number of anilines is 1. The highest BCUT2D eigenvalue weighted by molar-refractivity contribution is 8.00. The SMILES string of the molecule is Cc1ccccc1NC(=O)CSc1nc(=O)n(CCC[NH+](C)C)c2c1CCC2. The first-order valence-corrected chi connectivity index (χ1v) is 10.8. The molecule has 1 aliphatic carbocycles. The lowest BCUT2D eigenvalue weighted by Gasteiger charge is -2.15. The number of fused-ring (bicyclic) bond motifs is 1. The lowest BCUT2D eigenvalue weighted by atomic mass is 10.2. The van der Waals surface area contributed by atoms with Crippen LogP contribution in [0, 0.1) is 6.92 Å². The topological polar surface area (TPSA) is 68.4 Å². The van der Waals surface area contributed by atoms with Crippen molar-refractivity contribution in [3.8, 4) is 0 Å². The Morgan fingerprint density at radius 1 is 1.29 bits per heavy atom. The summed E-state index contributed by atoms with van der Waals surface area (Å²) >= 11 is 1.37. The van der Waals surface area contributed by atoms with E-state index in [0.29, 0.717) is 0 Å². The Kier molecular flexibility index (Phi) is 6.91. The van der Waals surface area contributed by atoms with Gasteiger partial charge in [0.1, 0.15) is 5.03 Å². The van der Waals surface area contributed by atoms with Crippen molar-refractivity contribution < 1.29 is 9.69 Å². The third-order valence-corrected chi connectivity index (χ3v) is 6.04. The number of carbonyl (C=O) groups is 1. The van der Waals surface area contributed by atoms with Crippen LogP contribution in [-0.4, -0.2) is 41.9 Å². The fourth-order valence-electron chi connectivity index (χ4n) is 3.56. The van der Waals surface area contributed by atoms with E-state index in [1.54, 1.807) is 0 Å². The smallest absolute Gasteiger partial charge is 0.340 e. The number of amides is 1. The van der Waals surface area contributed by atoms with Gasteiger partial charge in [0.2, 0.25) is 5.91 Å². The molecule has 28 heavy (non-hydrogen) atoms. The highest BCUT2D eigenvalue weighted by Gasteiger charge is 2.22. The van der Waals surface area contributed by atoms with Crippen molar-refractivity contribution in [1.82, 2.24) is 9.55 Å². The molecular formula is C21H29N4O2S+. The second-order valence-electron chi connectivity index (χ2n) is 7.59. The van der Waals surface area contributed by atoms with Gasteiger partial charge in [-0.25, -0.2) is 4.79 Å². The second kappa shape index (κ2) is 9.39. The molecule has 1 aromatic heterocycles. The second-order valence-corrected chi connectivity index (χ2v) is 8.56. The largest absolute Gasteiger partial charge is 0.348 e. The van der Waals surface area contributed by atoms with E-state index in [0.717, 1.165) is 66.3 Å². The number of nitrogens with zero attached hydrogens (tertiary/aromatic N) is 2. The number of quaternary nitrogens is 1. The van der Waals surface area contributed by atoms with E-state index in [9.17, 15) is 9.59 Å². The Labute approximate surface area is 170 Å². The summed E-state index contributed by atoms with van der Waals surface area (Å²) in [5, 5.41) is 3.67. The summed E-state index contributed by atoms with van der Waals surface area (Å²) in [6, 6.07) is 7.71. The number of aromatic nitrogens is 2. The molecule has 0 saturated heterocycles. The van der Waals surface area contributed by atoms with Crippen LogP contribution in [0.1, 0.15) is 29.7 Å². The van der Waals surface area contributed by atoms with Crippen LogP contribution in [0.4, 0.5) is 5.69 Å². The van der Waals surface area contributed by atoms with E-state index in [1.165, 1.54) is 16.7 Å². The van der Waals surface area contributed by atoms with Gasteiger partial charge in [-0.1, -0.05) is 30.0 Å². The van der Waals surface area contributed by atoms with E-state index in [4.69, 9.17) is 0 Å². The summed E-state index contributed by atoms with van der Waals surface area (Å²) < 4.78 is 1.85. The summed E-state index contributed by atoms with van der Waals surface area (Å²) in [6.45, 7) is 3.71. The molecule has 7 heteroatoms. The number of aryl methyl sites for hydroxylation is 1. The molecule has 3 rings (SSSR count). The van der Waals surface area contributed by atoms with Crippen molar-refractivity contribution in [3.63, 3.8) is 0 Å². The summed E-state index contributed by atoms with van der Waals surface area (Å²) in [7, 11) is 4.24. The zero-order valence-electron chi connectivity index (χ0n) is 16.9. The van der Waals surface area contributed by atoms with Crippen LogP contribution in [-0.2, 0) is 24.2 Å². The lowest BCUT2D eigenvalue weighted by Crippen LogP contribution is -3.05. The van der Waals surface area contributed by atoms with Gasteiger partial charge >= 0.3 is 5.69 Å². The van der Waals surface area contributed by atoms with E-state index in [1.807, 2.05) is 35.8 Å². The van der Waals surface area contributed by atoms with E-state index >= 15 is 0 Å². The lowest BCUT2D eigenvalue weighted by molar-refractivity contribution is -0.858. The molecule has 0 unspecified atom stereocenters. The Morgan fingerprint density at radius 2 is 2.07 bits per heavy atom. The maximum absolute atomic E-state index is 12.6. The summed E-state index contributed by atoms with van der Waals surface area (Å²) in [5.41, 5.74) is 3.95. The average molecular weight is 402 g/mol. The molecule has 6 nitrogen and oxygen atoms in total. The van der Waals surface area contributed by atoms with E-state index < -0.39 is 0 Å². The predicted octanol–water partition coefficient (Wildman–Crippen LogP) is 1.31. The molecule has 2 aromatic rings. The number of para-hydroxylation sites is 1. The molecule has 0 bridgehead atoms. The number of nitrogens with one attached hydrogen (secondary N) is 2. The maximum atomic E-state index is 12.6. The molecule has 2 N–H and O–H groups in total. The van der Waals surface area contributed by atoms with Crippen LogP contribution >= 0.6 is 11.8 Å². The van der Waals surface area contributed by atoms with Gasteiger partial charge in [0.25, 0.3) is 0 Å². The van der Waals surface area contributed by atoms with Crippen molar-refractivity contribution in [1.29, 1.82) is 0 Å². The number of rotatable bonds is 8. The average Bonchev–Trinajstić information content (AvgIpc) is 3.13. The number of hydrogen-bond acceptors (Lipinski definition) is 4. The highest BCUT2D eigenvalue weighted by Crippen LogP contribution is 2.29. The van der Waals surface area contributed by atoms with Gasteiger partial charge in [0.15, 0.2) is 0 Å². The van der Waals surface area contributed by atoms with Crippen LogP contribution in [0.5, 0.6) is 0 Å². The summed E-state index contributed by atoms with van der Waals surface area (Å²) in [6.07, 6.45) is 3.86. The van der Waals surface area contributed by atoms with Crippen LogP contribution in [0.2, 0.25) is 0 Å². The normalized spacial score (nSPS) is 13.0. The van der Waals surface area contributed by atoms with Gasteiger partial charge in [-0.15, -0.1) is 0 Å². The van der Waals surface area contributed by atoms with Gasteiger partial charge in [-0.05, 0) is 37.8 Å². The zero-order valence-corrected chi connectivity index (χ0v) is 17.7. The van der Waals surface area contributed by atoms with Gasteiger partial charge in [-0.3, -0.25) is 9.36 Å². The Balaban J connectivity index is 1.68. The van der Waals surface area contributed by atoms with Crippen LogP contribution in [0.15, 0.2) is 34.1 Å². The minimum Gasteiger partial charge on any atom is -0.340 e. The van der Waals surface area contributed by atoms with Crippen molar-refractivity contribution in [2.24, 2.45) is 0 Å². The van der Waals surface area contributed by atoms with E-state index in [2.05, 4.69) is 24.4 Å². The van der Waals surface area contributed by atoms with Gasteiger partial charge < -0.3 is 10.2 Å². The van der Waals surface area contributed by atoms with E-state index in [-0.39, 0.29) is 17.3 Å². The van der Waals surface area contributed by atoms with Gasteiger partial charge in [0, 0.05) is 29.9 Å². The first kappa shape index (κ1) is 20.6. The molecule has 0 aliphatic heterocycles. The first-order chi connectivity index (χ1) is 13.5. The fourth-order valence-corrected chi connectivity index (χ4v) is 4.44. The quantitative estimate of drug-likeness (QED) is 0.517. The molecule has 0 saturated carbocycles. The number of hydrogen-bond donors (Lipinski definition) is 2. The summed E-state index contributed by atoms with van der Waals surface area (Å²) in [5.74, 6) is 0.173. The molecule has 1 amide bonds. The Bertz CT molecular complexity index is 908. The molecular weight excluding hydrogens is 372 g/mol. The van der Waals surface area contributed by atoms with Crippen molar-refractivity contribution in [2.45, 2.75) is 44.2 Å². The number of benzene rings is 1. The van der Waals surface area contributed by atoms with Crippen molar-refractivity contribution in [3.05, 3.63) is 51.6 Å². The van der Waals surface area contributed by atoms with Gasteiger partial charge in [-0.2, -0.15) is 4.98 Å². The molecule has 0 atom stereocenters. The number of thioether (sulfide) groups is 1. The first-order valence-electron chi connectivity index (χ1n) is 9.85. The predicted molar refractivity (Wildman–Crippen MR) is 113 cm³/mol. The third kappa shape index (κ3) is 5.02. The Hall–Kier alpha value is -2.12. The molecule has 0 spiro atoms. The highest BCUT2D eigenvalue weighted by atomic mass is 32.2. The van der Waals surface area contributed by atoms with Crippen molar-refractivity contribution >= 4 is 23.4 Å². The van der Waals surface area contributed by atoms with Crippen LogP contribution in [0.3, 0.4) is 0 Å². The maximum Gasteiger partial charge on any atom is 0.348 e.